The Morgan fingerprint density at radius 1 is 1.32 bits per heavy atom. The predicted octanol–water partition coefficient (Wildman–Crippen LogP) is 3.20. The van der Waals surface area contributed by atoms with Crippen molar-refractivity contribution in [2.75, 3.05) is 18.0 Å². The summed E-state index contributed by atoms with van der Waals surface area (Å²) in [6, 6.07) is 4.21. The molecule has 4 heteroatoms. The molecule has 0 radical (unpaired) electrons. The van der Waals surface area contributed by atoms with E-state index in [1.165, 1.54) is 24.0 Å². The highest BCUT2D eigenvalue weighted by molar-refractivity contribution is 5.46. The van der Waals surface area contributed by atoms with E-state index in [0.717, 1.165) is 37.6 Å². The van der Waals surface area contributed by atoms with Gasteiger partial charge in [-0.05, 0) is 50.2 Å². The van der Waals surface area contributed by atoms with Crippen LogP contribution in [0.25, 0.3) is 0 Å². The van der Waals surface area contributed by atoms with Crippen LogP contribution in [-0.4, -0.2) is 28.0 Å². The van der Waals surface area contributed by atoms with E-state index in [1.54, 1.807) is 0 Å². The number of rotatable bonds is 4. The summed E-state index contributed by atoms with van der Waals surface area (Å²) in [6.45, 7) is 6.33. The second-order valence-corrected chi connectivity index (χ2v) is 6.14. The van der Waals surface area contributed by atoms with Gasteiger partial charge in [-0.15, -0.1) is 0 Å². The maximum Gasteiger partial charge on any atom is 0.135 e. The maximum absolute atomic E-state index is 4.71. The van der Waals surface area contributed by atoms with Crippen molar-refractivity contribution >= 4 is 5.82 Å². The molecule has 0 aliphatic carbocycles. The average molecular weight is 296 g/mol. The summed E-state index contributed by atoms with van der Waals surface area (Å²) in [5.74, 6) is 2.69. The van der Waals surface area contributed by atoms with Crippen LogP contribution in [0.5, 0.6) is 0 Å². The van der Waals surface area contributed by atoms with Gasteiger partial charge in [-0.3, -0.25) is 4.98 Å². The van der Waals surface area contributed by atoms with Crippen LogP contribution in [0, 0.1) is 12.8 Å². The van der Waals surface area contributed by atoms with Gasteiger partial charge in [-0.25, -0.2) is 9.97 Å². The van der Waals surface area contributed by atoms with Crippen LogP contribution in [0.1, 0.15) is 36.7 Å². The van der Waals surface area contributed by atoms with Gasteiger partial charge >= 0.3 is 0 Å². The van der Waals surface area contributed by atoms with Crippen LogP contribution in [-0.2, 0) is 12.8 Å². The summed E-state index contributed by atoms with van der Waals surface area (Å²) in [7, 11) is 0. The molecule has 1 fully saturated rings. The summed E-state index contributed by atoms with van der Waals surface area (Å²) in [5.41, 5.74) is 2.59. The smallest absolute Gasteiger partial charge is 0.135 e. The molecular weight excluding hydrogens is 272 g/mol. The molecule has 0 spiro atoms. The van der Waals surface area contributed by atoms with Crippen LogP contribution in [0.3, 0.4) is 0 Å². The first kappa shape index (κ1) is 14.9. The molecule has 0 N–H and O–H groups in total. The molecule has 2 aromatic rings. The first-order valence-electron chi connectivity index (χ1n) is 8.22. The molecule has 0 saturated carbocycles. The van der Waals surface area contributed by atoms with Crippen LogP contribution in [0.4, 0.5) is 5.82 Å². The molecular formula is C18H24N4. The number of hydrogen-bond acceptors (Lipinski definition) is 4. The minimum Gasteiger partial charge on any atom is -0.356 e. The fourth-order valence-corrected chi connectivity index (χ4v) is 3.28. The third-order valence-corrected chi connectivity index (χ3v) is 4.41. The van der Waals surface area contributed by atoms with Crippen molar-refractivity contribution in [3.8, 4) is 0 Å². The molecule has 1 aliphatic heterocycles. The minimum atomic E-state index is 0.679. The molecule has 1 atom stereocenters. The van der Waals surface area contributed by atoms with Gasteiger partial charge < -0.3 is 4.90 Å². The lowest BCUT2D eigenvalue weighted by molar-refractivity contribution is 0.410. The fourth-order valence-electron chi connectivity index (χ4n) is 3.28. The molecule has 1 saturated heterocycles. The summed E-state index contributed by atoms with van der Waals surface area (Å²) in [5, 5.41) is 0. The van der Waals surface area contributed by atoms with Gasteiger partial charge in [0.25, 0.3) is 0 Å². The van der Waals surface area contributed by atoms with Crippen molar-refractivity contribution in [1.82, 2.24) is 15.0 Å². The van der Waals surface area contributed by atoms with Gasteiger partial charge in [0.1, 0.15) is 11.6 Å². The van der Waals surface area contributed by atoms with Gasteiger partial charge in [0.2, 0.25) is 0 Å². The fraction of sp³-hybridized carbons (Fsp3) is 0.500. The molecule has 3 heterocycles. The summed E-state index contributed by atoms with van der Waals surface area (Å²) in [6.07, 6.45) is 10.4. The summed E-state index contributed by atoms with van der Waals surface area (Å²) >= 11 is 0. The van der Waals surface area contributed by atoms with Crippen molar-refractivity contribution in [1.29, 1.82) is 0 Å². The van der Waals surface area contributed by atoms with Gasteiger partial charge in [0, 0.05) is 37.2 Å². The van der Waals surface area contributed by atoms with Crippen molar-refractivity contribution in [2.24, 2.45) is 5.92 Å². The van der Waals surface area contributed by atoms with E-state index in [2.05, 4.69) is 27.9 Å². The third-order valence-electron chi connectivity index (χ3n) is 4.41. The lowest BCUT2D eigenvalue weighted by atomic mass is 9.91. The highest BCUT2D eigenvalue weighted by atomic mass is 15.2. The molecule has 0 aromatic carbocycles. The lowest BCUT2D eigenvalue weighted by Crippen LogP contribution is -2.37. The van der Waals surface area contributed by atoms with Crippen molar-refractivity contribution in [3.63, 3.8) is 0 Å². The number of aromatic nitrogens is 3. The van der Waals surface area contributed by atoms with Gasteiger partial charge in [-0.1, -0.05) is 13.0 Å². The predicted molar refractivity (Wildman–Crippen MR) is 89.0 cm³/mol. The largest absolute Gasteiger partial charge is 0.356 e. The summed E-state index contributed by atoms with van der Waals surface area (Å²) in [4.78, 5) is 15.7. The Balaban J connectivity index is 1.74. The topological polar surface area (TPSA) is 41.9 Å². The van der Waals surface area contributed by atoms with E-state index in [-0.39, 0.29) is 0 Å². The monoisotopic (exact) mass is 296 g/mol. The Kier molecular flexibility index (Phi) is 4.66. The van der Waals surface area contributed by atoms with Gasteiger partial charge in [-0.2, -0.15) is 0 Å². The molecule has 116 valence electrons. The molecule has 0 amide bonds. The first-order chi connectivity index (χ1) is 10.8. The zero-order chi connectivity index (χ0) is 15.4. The van der Waals surface area contributed by atoms with Crippen LogP contribution >= 0.6 is 0 Å². The number of nitrogens with zero attached hydrogens (tertiary/aromatic N) is 4. The second-order valence-electron chi connectivity index (χ2n) is 6.14. The molecule has 3 rings (SSSR count). The molecule has 1 aliphatic rings. The van der Waals surface area contributed by atoms with Crippen LogP contribution < -0.4 is 4.90 Å². The van der Waals surface area contributed by atoms with E-state index in [9.17, 15) is 0 Å². The maximum atomic E-state index is 4.71. The number of piperidine rings is 1. The molecule has 1 unspecified atom stereocenters. The van der Waals surface area contributed by atoms with Crippen LogP contribution in [0.2, 0.25) is 0 Å². The van der Waals surface area contributed by atoms with Crippen molar-refractivity contribution < 1.29 is 0 Å². The van der Waals surface area contributed by atoms with E-state index in [0.29, 0.717) is 5.92 Å². The number of hydrogen-bond donors (Lipinski definition) is 0. The Bertz CT molecular complexity index is 612. The van der Waals surface area contributed by atoms with E-state index in [1.807, 2.05) is 31.6 Å². The van der Waals surface area contributed by atoms with Gasteiger partial charge in [0.05, 0.1) is 0 Å². The summed E-state index contributed by atoms with van der Waals surface area (Å²) < 4.78 is 0. The highest BCUT2D eigenvalue weighted by Gasteiger charge is 2.23. The SMILES string of the molecule is CCc1cnc(C)nc1N1CCCC(Cc2cccnc2)C1. The number of pyridine rings is 1. The normalized spacial score (nSPS) is 18.5. The quantitative estimate of drug-likeness (QED) is 0.869. The van der Waals surface area contributed by atoms with Crippen molar-refractivity contribution in [2.45, 2.75) is 39.5 Å². The van der Waals surface area contributed by atoms with Crippen molar-refractivity contribution in [3.05, 3.63) is 47.7 Å². The Hall–Kier alpha value is -1.97. The van der Waals surface area contributed by atoms with E-state index < -0.39 is 0 Å². The molecule has 4 nitrogen and oxygen atoms in total. The Morgan fingerprint density at radius 3 is 3.00 bits per heavy atom. The zero-order valence-electron chi connectivity index (χ0n) is 13.5. The van der Waals surface area contributed by atoms with E-state index in [4.69, 9.17) is 4.98 Å². The van der Waals surface area contributed by atoms with E-state index >= 15 is 0 Å². The average Bonchev–Trinajstić information content (AvgIpc) is 2.56. The molecule has 2 aromatic heterocycles. The Labute approximate surface area is 132 Å². The third kappa shape index (κ3) is 3.43. The molecule has 22 heavy (non-hydrogen) atoms. The number of aryl methyl sites for hydroxylation is 2. The Morgan fingerprint density at radius 2 is 2.23 bits per heavy atom. The standard InChI is InChI=1S/C18H24N4/c1-3-17-12-20-14(2)21-18(17)22-9-5-7-16(13-22)10-15-6-4-8-19-11-15/h4,6,8,11-12,16H,3,5,7,9-10,13H2,1-2H3. The first-order valence-corrected chi connectivity index (χ1v) is 8.22. The zero-order valence-corrected chi connectivity index (χ0v) is 13.5. The highest BCUT2D eigenvalue weighted by Crippen LogP contribution is 2.26. The molecule has 0 bridgehead atoms. The number of anilines is 1. The lowest BCUT2D eigenvalue weighted by Gasteiger charge is -2.34. The minimum absolute atomic E-state index is 0.679. The van der Waals surface area contributed by atoms with Crippen LogP contribution in [0.15, 0.2) is 30.7 Å². The van der Waals surface area contributed by atoms with Gasteiger partial charge in [0.15, 0.2) is 0 Å². The second kappa shape index (κ2) is 6.86.